The number of nitrogens with one attached hydrogen (secondary N) is 1. The van der Waals surface area contributed by atoms with Gasteiger partial charge in [0.15, 0.2) is 5.65 Å². The van der Waals surface area contributed by atoms with Crippen LogP contribution in [0.15, 0.2) is 22.8 Å². The summed E-state index contributed by atoms with van der Waals surface area (Å²) in [6.45, 7) is 1.42. The summed E-state index contributed by atoms with van der Waals surface area (Å²) in [7, 11) is 1.95. The summed E-state index contributed by atoms with van der Waals surface area (Å²) in [6, 6.07) is 4.22. The molecule has 2 aromatic heterocycles. The third kappa shape index (κ3) is 1.86. The summed E-state index contributed by atoms with van der Waals surface area (Å²) >= 11 is 3.47. The smallest absolute Gasteiger partial charge is 0.160 e. The zero-order valence-electron chi connectivity index (χ0n) is 9.43. The molecule has 6 heteroatoms. The van der Waals surface area contributed by atoms with Crippen LogP contribution in [-0.2, 0) is 4.74 Å². The molecular weight excluding hydrogens is 284 g/mol. The first kappa shape index (κ1) is 11.1. The molecule has 1 aliphatic rings. The van der Waals surface area contributed by atoms with Gasteiger partial charge >= 0.3 is 0 Å². The number of aromatic nitrogens is 3. The molecule has 0 aromatic carbocycles. The summed E-state index contributed by atoms with van der Waals surface area (Å²) < 4.78 is 8.55. The predicted molar refractivity (Wildman–Crippen MR) is 67.1 cm³/mol. The molecule has 17 heavy (non-hydrogen) atoms. The van der Waals surface area contributed by atoms with E-state index in [1.807, 2.05) is 29.8 Å². The van der Waals surface area contributed by atoms with Crippen LogP contribution < -0.4 is 5.32 Å². The molecule has 5 nitrogen and oxygen atoms in total. The number of hydrogen-bond donors (Lipinski definition) is 1. The molecule has 0 amide bonds. The van der Waals surface area contributed by atoms with Crippen molar-refractivity contribution < 1.29 is 4.74 Å². The van der Waals surface area contributed by atoms with Gasteiger partial charge < -0.3 is 10.1 Å². The van der Waals surface area contributed by atoms with Crippen molar-refractivity contribution in [3.05, 3.63) is 28.6 Å². The Morgan fingerprint density at radius 3 is 3.12 bits per heavy atom. The van der Waals surface area contributed by atoms with Gasteiger partial charge in [0.05, 0.1) is 19.1 Å². The quantitative estimate of drug-likeness (QED) is 0.905. The monoisotopic (exact) mass is 296 g/mol. The zero-order chi connectivity index (χ0) is 11.8. The summed E-state index contributed by atoms with van der Waals surface area (Å²) in [5.41, 5.74) is 0.866. The minimum atomic E-state index is 0.254. The van der Waals surface area contributed by atoms with Crippen LogP contribution >= 0.6 is 15.9 Å². The van der Waals surface area contributed by atoms with E-state index in [-0.39, 0.29) is 5.92 Å². The highest BCUT2D eigenvalue weighted by Crippen LogP contribution is 2.25. The maximum Gasteiger partial charge on any atom is 0.160 e. The number of rotatable bonds is 2. The van der Waals surface area contributed by atoms with Gasteiger partial charge in [-0.3, -0.25) is 4.40 Å². The minimum absolute atomic E-state index is 0.254. The number of pyridine rings is 1. The normalized spacial score (nSPS) is 24.6. The Morgan fingerprint density at radius 2 is 2.29 bits per heavy atom. The fourth-order valence-corrected chi connectivity index (χ4v) is 2.57. The van der Waals surface area contributed by atoms with E-state index in [1.165, 1.54) is 0 Å². The molecule has 0 saturated carbocycles. The number of fused-ring (bicyclic) bond motifs is 1. The molecule has 3 heterocycles. The molecule has 2 unspecified atom stereocenters. The van der Waals surface area contributed by atoms with E-state index in [9.17, 15) is 0 Å². The average molecular weight is 297 g/mol. The van der Waals surface area contributed by atoms with Crippen LogP contribution in [0.1, 0.15) is 11.7 Å². The van der Waals surface area contributed by atoms with Crippen LogP contribution in [0.2, 0.25) is 0 Å². The van der Waals surface area contributed by atoms with Crippen molar-refractivity contribution in [2.75, 3.05) is 20.3 Å². The second-order valence-corrected chi connectivity index (χ2v) is 5.09. The summed E-state index contributed by atoms with van der Waals surface area (Å²) in [5.74, 6) is 1.21. The van der Waals surface area contributed by atoms with E-state index >= 15 is 0 Å². The van der Waals surface area contributed by atoms with Gasteiger partial charge in [0.2, 0.25) is 0 Å². The van der Waals surface area contributed by atoms with E-state index in [1.54, 1.807) is 0 Å². The molecule has 1 N–H and O–H groups in total. The predicted octanol–water partition coefficient (Wildman–Crippen LogP) is 1.19. The lowest BCUT2D eigenvalue weighted by Crippen LogP contribution is -2.32. The lowest BCUT2D eigenvalue weighted by atomic mass is 10.0. The third-order valence-corrected chi connectivity index (χ3v) is 3.64. The van der Waals surface area contributed by atoms with Gasteiger partial charge in [-0.05, 0) is 35.1 Å². The molecule has 1 saturated heterocycles. The molecule has 1 fully saturated rings. The Kier molecular flexibility index (Phi) is 2.85. The topological polar surface area (TPSA) is 51.5 Å². The fourth-order valence-electron chi connectivity index (χ4n) is 2.23. The Labute approximate surface area is 107 Å². The molecule has 0 bridgehead atoms. The lowest BCUT2D eigenvalue weighted by Gasteiger charge is -2.14. The van der Waals surface area contributed by atoms with Crippen molar-refractivity contribution in [2.24, 2.45) is 0 Å². The van der Waals surface area contributed by atoms with Gasteiger partial charge in [-0.1, -0.05) is 0 Å². The highest BCUT2D eigenvalue weighted by molar-refractivity contribution is 9.10. The number of ether oxygens (including phenoxy) is 1. The largest absolute Gasteiger partial charge is 0.379 e. The molecule has 90 valence electrons. The molecule has 2 aromatic rings. The Morgan fingerprint density at radius 1 is 1.41 bits per heavy atom. The highest BCUT2D eigenvalue weighted by atomic mass is 79.9. The lowest BCUT2D eigenvalue weighted by molar-refractivity contribution is 0.188. The number of nitrogens with zero attached hydrogens (tertiary/aromatic N) is 3. The van der Waals surface area contributed by atoms with Gasteiger partial charge in [0.1, 0.15) is 5.82 Å². The molecular formula is C11H13BrN4O. The van der Waals surface area contributed by atoms with Crippen molar-refractivity contribution in [3.8, 4) is 0 Å². The molecule has 0 aliphatic carbocycles. The van der Waals surface area contributed by atoms with Crippen LogP contribution in [0, 0.1) is 0 Å². The third-order valence-electron chi connectivity index (χ3n) is 3.18. The van der Waals surface area contributed by atoms with E-state index in [2.05, 4.69) is 31.4 Å². The molecule has 0 radical (unpaired) electrons. The van der Waals surface area contributed by atoms with E-state index in [4.69, 9.17) is 4.74 Å². The zero-order valence-corrected chi connectivity index (χ0v) is 11.0. The standard InChI is InChI=1S/C11H13BrN4O/c1-13-9-6-17-5-8(9)11-15-14-10-3-2-7(12)4-16(10)11/h2-4,8-9,13H,5-6H2,1H3. The first-order valence-electron chi connectivity index (χ1n) is 5.55. The Bertz CT molecular complexity index is 541. The fraction of sp³-hybridized carbons (Fsp3) is 0.455. The molecule has 1 aliphatic heterocycles. The van der Waals surface area contributed by atoms with Gasteiger partial charge in [-0.15, -0.1) is 10.2 Å². The second-order valence-electron chi connectivity index (χ2n) is 4.17. The first-order valence-corrected chi connectivity index (χ1v) is 6.34. The van der Waals surface area contributed by atoms with Crippen LogP contribution in [-0.4, -0.2) is 40.9 Å². The molecule has 0 spiro atoms. The maximum absolute atomic E-state index is 5.51. The Balaban J connectivity index is 2.07. The van der Waals surface area contributed by atoms with Gasteiger partial charge in [-0.25, -0.2) is 0 Å². The van der Waals surface area contributed by atoms with Crippen LogP contribution in [0.3, 0.4) is 0 Å². The Hall–Kier alpha value is -0.980. The number of halogens is 1. The van der Waals surface area contributed by atoms with Crippen molar-refractivity contribution in [1.82, 2.24) is 19.9 Å². The van der Waals surface area contributed by atoms with Gasteiger partial charge in [-0.2, -0.15) is 0 Å². The summed E-state index contributed by atoms with van der Waals surface area (Å²) in [4.78, 5) is 0. The minimum Gasteiger partial charge on any atom is -0.379 e. The van der Waals surface area contributed by atoms with Crippen molar-refractivity contribution in [2.45, 2.75) is 12.0 Å². The van der Waals surface area contributed by atoms with Gasteiger partial charge in [0.25, 0.3) is 0 Å². The van der Waals surface area contributed by atoms with E-state index < -0.39 is 0 Å². The summed E-state index contributed by atoms with van der Waals surface area (Å²) in [5, 5.41) is 11.7. The van der Waals surface area contributed by atoms with Crippen LogP contribution in [0.25, 0.3) is 5.65 Å². The maximum atomic E-state index is 5.51. The van der Waals surface area contributed by atoms with Crippen LogP contribution in [0.5, 0.6) is 0 Å². The van der Waals surface area contributed by atoms with Crippen LogP contribution in [0.4, 0.5) is 0 Å². The molecule has 3 rings (SSSR count). The van der Waals surface area contributed by atoms with Crippen molar-refractivity contribution in [3.63, 3.8) is 0 Å². The SMILES string of the molecule is CNC1COCC1c1nnc2ccc(Br)cn12. The average Bonchev–Trinajstić information content (AvgIpc) is 2.93. The van der Waals surface area contributed by atoms with Crippen molar-refractivity contribution in [1.29, 1.82) is 0 Å². The second kappa shape index (κ2) is 4.36. The van der Waals surface area contributed by atoms with E-state index in [0.29, 0.717) is 12.6 Å². The number of hydrogen-bond acceptors (Lipinski definition) is 4. The van der Waals surface area contributed by atoms with Crippen molar-refractivity contribution >= 4 is 21.6 Å². The highest BCUT2D eigenvalue weighted by Gasteiger charge is 2.31. The summed E-state index contributed by atoms with van der Waals surface area (Å²) in [6.07, 6.45) is 2.00. The van der Waals surface area contributed by atoms with E-state index in [0.717, 1.165) is 22.6 Å². The first-order chi connectivity index (χ1) is 8.29. The number of likely N-dealkylation sites (N-methyl/N-ethyl adjacent to an activating group) is 1. The van der Waals surface area contributed by atoms with Gasteiger partial charge in [0, 0.05) is 16.7 Å². The molecule has 2 atom stereocenters.